The smallest absolute Gasteiger partial charge is 1.00 e. The van der Waals surface area contributed by atoms with Crippen molar-refractivity contribution in [1.82, 2.24) is 5.32 Å². The van der Waals surface area contributed by atoms with Gasteiger partial charge >= 0.3 is 38.9 Å². The number of oxime groups is 1. The van der Waals surface area contributed by atoms with Crippen LogP contribution in [0.25, 0.3) is 0 Å². The Morgan fingerprint density at radius 1 is 0.894 bits per heavy atom. The number of nitrogens with zero attached hydrogens (tertiary/aromatic N) is 1. The third kappa shape index (κ3) is 12.8. The molecule has 6 rings (SSSR count). The van der Waals surface area contributed by atoms with Gasteiger partial charge in [-0.2, -0.15) is 38.7 Å². The van der Waals surface area contributed by atoms with Gasteiger partial charge in [-0.3, -0.25) is 4.28 Å². The summed E-state index contributed by atoms with van der Waals surface area (Å²) < 4.78 is 36.2. The number of nitrogens with one attached hydrogen (secondary N) is 1. The standard InChI is InChI=1S/C17H18ClNO.C12H14NO4S.C6H4Cl.BrH.Mg/c1-20-13-8-6-12(7-9-13)16-10-11-17(19-16)14-4-2-3-5-15(14)18;1-16-10-5-3-9(4-6-10)11-7-8-12(11)13-17-18(2,14)15;7-6-4-2-1-3-5-6;;/h2-9,16-17,19H,10-11H2,1H3;3-6,11H,1,7-8H2,2H3;1-4H;1H;/q;+1;-1;;+2/p-1/b;13-12-;;;. The summed E-state index contributed by atoms with van der Waals surface area (Å²) in [5, 5.41) is 8.88. The van der Waals surface area contributed by atoms with E-state index in [1.54, 1.807) is 19.2 Å². The molecule has 3 atom stereocenters. The minimum atomic E-state index is -3.53. The van der Waals surface area contributed by atoms with E-state index < -0.39 is 10.1 Å². The molecule has 0 bridgehead atoms. The van der Waals surface area contributed by atoms with E-state index >= 15 is 0 Å². The Morgan fingerprint density at radius 3 is 2.04 bits per heavy atom. The first kappa shape index (κ1) is 40.7. The summed E-state index contributed by atoms with van der Waals surface area (Å²) in [4.78, 5) is 0. The Kier molecular flexibility index (Phi) is 17.5. The molecule has 3 unspecified atom stereocenters. The zero-order valence-corrected chi connectivity index (χ0v) is 31.6. The summed E-state index contributed by atoms with van der Waals surface area (Å²) >= 11 is 11.8. The molecule has 47 heavy (non-hydrogen) atoms. The molecule has 0 aromatic heterocycles. The minimum absolute atomic E-state index is 0. The van der Waals surface area contributed by atoms with Crippen LogP contribution in [0, 0.1) is 6.07 Å². The van der Waals surface area contributed by atoms with Gasteiger partial charge in [-0.05, 0) is 72.7 Å². The molecular formula is C35H36BrCl2MgN2O5S+. The van der Waals surface area contributed by atoms with Crippen LogP contribution in [0.5, 0.6) is 11.5 Å². The maximum absolute atomic E-state index is 10.8. The summed E-state index contributed by atoms with van der Waals surface area (Å²) in [6.45, 7) is 3.33. The van der Waals surface area contributed by atoms with Gasteiger partial charge in [-0.15, -0.1) is 11.6 Å². The van der Waals surface area contributed by atoms with E-state index in [1.165, 1.54) is 11.1 Å². The van der Waals surface area contributed by atoms with Gasteiger partial charge in [0.2, 0.25) is 0 Å². The average molecular weight is 772 g/mol. The molecule has 12 heteroatoms. The van der Waals surface area contributed by atoms with E-state index in [2.05, 4.69) is 45.8 Å². The number of carbonyl (C=O) groups excluding carboxylic acids is 1. The third-order valence-electron chi connectivity index (χ3n) is 7.45. The Balaban J connectivity index is 0.000000263. The SMILES string of the molecule is C=[O+]c1ccc(C2CC/C2=N/OS(C)(=O)=O)cc1.COc1ccc(C2CCC(c3ccccc3Cl)N2)cc1.Clc1[c-]cccc1.[Br-].[Mg+2]. The summed E-state index contributed by atoms with van der Waals surface area (Å²) in [6, 6.07) is 34.7. The minimum Gasteiger partial charge on any atom is -1.00 e. The molecule has 0 spiro atoms. The number of hydrogen-bond acceptors (Lipinski definition) is 6. The van der Waals surface area contributed by atoms with E-state index in [4.69, 9.17) is 32.4 Å². The van der Waals surface area contributed by atoms with Crippen LogP contribution in [-0.4, -0.2) is 57.3 Å². The second kappa shape index (κ2) is 20.2. The zero-order valence-electron chi connectivity index (χ0n) is 26.2. The van der Waals surface area contributed by atoms with E-state index in [0.717, 1.165) is 54.0 Å². The van der Waals surface area contributed by atoms with Gasteiger partial charge in [-0.25, -0.2) is 4.42 Å². The van der Waals surface area contributed by atoms with Gasteiger partial charge in [0.1, 0.15) is 5.75 Å². The van der Waals surface area contributed by atoms with Crippen molar-refractivity contribution in [1.29, 1.82) is 0 Å². The largest absolute Gasteiger partial charge is 2.00 e. The molecule has 2 aliphatic rings. The van der Waals surface area contributed by atoms with Gasteiger partial charge in [-0.1, -0.05) is 52.1 Å². The van der Waals surface area contributed by atoms with Crippen LogP contribution >= 0.6 is 23.2 Å². The zero-order chi connectivity index (χ0) is 32.2. The fraction of sp³-hybridized carbons (Fsp3) is 0.257. The maximum atomic E-state index is 10.8. The number of methoxy groups -OCH3 is 1. The predicted octanol–water partition coefficient (Wildman–Crippen LogP) is 5.25. The molecular weight excluding hydrogens is 736 g/mol. The summed E-state index contributed by atoms with van der Waals surface area (Å²) in [6.07, 6.45) is 4.91. The first-order valence-electron chi connectivity index (χ1n) is 14.4. The Labute approximate surface area is 314 Å². The maximum Gasteiger partial charge on any atom is 2.00 e. The van der Waals surface area contributed by atoms with Crippen molar-refractivity contribution in [2.45, 2.75) is 43.7 Å². The first-order chi connectivity index (χ1) is 21.7. The quantitative estimate of drug-likeness (QED) is 0.120. The number of hydrogen-bond donors (Lipinski definition) is 1. The van der Waals surface area contributed by atoms with Crippen molar-refractivity contribution in [3.05, 3.63) is 130 Å². The van der Waals surface area contributed by atoms with Gasteiger partial charge in [0.15, 0.2) is 0 Å². The molecule has 1 saturated carbocycles. The van der Waals surface area contributed by atoms with E-state index in [1.807, 2.05) is 66.7 Å². The molecule has 1 aliphatic carbocycles. The number of rotatable bonds is 7. The molecule has 4 aromatic rings. The molecule has 1 N–H and O–H groups in total. The number of benzene rings is 4. The molecule has 0 radical (unpaired) electrons. The van der Waals surface area contributed by atoms with Crippen LogP contribution in [0.2, 0.25) is 10.0 Å². The van der Waals surface area contributed by atoms with Crippen LogP contribution in [0.15, 0.2) is 102 Å². The van der Waals surface area contributed by atoms with Crippen LogP contribution in [-0.2, 0) is 18.8 Å². The fourth-order valence-electron chi connectivity index (χ4n) is 5.01. The molecule has 1 heterocycles. The normalized spacial score (nSPS) is 18.8. The van der Waals surface area contributed by atoms with E-state index in [0.29, 0.717) is 22.9 Å². The van der Waals surface area contributed by atoms with Crippen molar-refractivity contribution >= 4 is 68.9 Å². The number of halogens is 3. The number of ether oxygens (including phenoxy) is 1. The molecule has 4 aromatic carbocycles. The molecule has 7 nitrogen and oxygen atoms in total. The van der Waals surface area contributed by atoms with Crippen molar-refractivity contribution in [3.63, 3.8) is 0 Å². The van der Waals surface area contributed by atoms with Gasteiger partial charge in [0.25, 0.3) is 6.79 Å². The van der Waals surface area contributed by atoms with Gasteiger partial charge in [0, 0.05) is 35.2 Å². The van der Waals surface area contributed by atoms with Crippen LogP contribution < -0.4 is 27.0 Å². The topological polar surface area (TPSA) is 88.3 Å². The molecule has 2 fully saturated rings. The van der Waals surface area contributed by atoms with Crippen molar-refractivity contribution < 1.29 is 38.8 Å². The Hall–Kier alpha value is -2.44. The van der Waals surface area contributed by atoms with Gasteiger partial charge < -0.3 is 27.0 Å². The monoisotopic (exact) mass is 769 g/mol. The van der Waals surface area contributed by atoms with Crippen LogP contribution in [0.1, 0.15) is 60.4 Å². The van der Waals surface area contributed by atoms with Crippen molar-refractivity contribution in [3.8, 4) is 11.5 Å². The van der Waals surface area contributed by atoms with Crippen LogP contribution in [0.4, 0.5) is 0 Å². The van der Waals surface area contributed by atoms with Crippen molar-refractivity contribution in [2.24, 2.45) is 5.16 Å². The first-order valence-corrected chi connectivity index (χ1v) is 17.0. The molecule has 244 valence electrons. The summed E-state index contributed by atoms with van der Waals surface area (Å²) in [5.74, 6) is 1.71. The van der Waals surface area contributed by atoms with E-state index in [9.17, 15) is 8.42 Å². The third-order valence-corrected chi connectivity index (χ3v) is 8.37. The molecule has 1 saturated heterocycles. The second-order valence-corrected chi connectivity index (χ2v) is 12.9. The molecule has 0 amide bonds. The summed E-state index contributed by atoms with van der Waals surface area (Å²) in [5.41, 5.74) is 4.33. The van der Waals surface area contributed by atoms with E-state index in [-0.39, 0.29) is 46.0 Å². The Bertz CT molecular complexity index is 1680. The average Bonchev–Trinajstić information content (AvgIpc) is 3.52. The second-order valence-electron chi connectivity index (χ2n) is 10.5. The fourth-order valence-corrected chi connectivity index (χ4v) is 5.65. The summed E-state index contributed by atoms with van der Waals surface area (Å²) in [7, 11) is -1.84. The van der Waals surface area contributed by atoms with Crippen LogP contribution in [0.3, 0.4) is 0 Å². The van der Waals surface area contributed by atoms with Gasteiger partial charge in [0.05, 0.1) is 19.1 Å². The van der Waals surface area contributed by atoms with Crippen molar-refractivity contribution in [2.75, 3.05) is 13.4 Å². The Morgan fingerprint density at radius 2 is 1.53 bits per heavy atom. The molecule has 1 aliphatic heterocycles. The predicted molar refractivity (Wildman–Crippen MR) is 187 cm³/mol.